The highest BCUT2D eigenvalue weighted by atomic mass is 16.6. The molecule has 1 N–H and O–H groups in total. The highest BCUT2D eigenvalue weighted by Crippen LogP contribution is 2.29. The molecule has 0 spiro atoms. The standard InChI is InChI=1S/C12H22N4O3/c1-11(2,3)19-10(17)16-7-5-6-9(16)12(4,18)8-14-15-13/h9,18H,5-8H2,1-4H3/t9-,12+/m1/s1. The molecule has 108 valence electrons. The Balaban J connectivity index is 2.78. The largest absolute Gasteiger partial charge is 0.444 e. The van der Waals surface area contributed by atoms with Crippen LogP contribution in [0.15, 0.2) is 5.11 Å². The summed E-state index contributed by atoms with van der Waals surface area (Å²) in [4.78, 5) is 16.3. The first-order valence-electron chi connectivity index (χ1n) is 6.40. The average Bonchev–Trinajstić information content (AvgIpc) is 2.73. The van der Waals surface area contributed by atoms with Crippen LogP contribution >= 0.6 is 0 Å². The zero-order chi connectivity index (χ0) is 14.7. The van der Waals surface area contributed by atoms with Crippen molar-refractivity contribution in [2.24, 2.45) is 5.11 Å². The number of nitrogens with zero attached hydrogens (tertiary/aromatic N) is 4. The first-order valence-corrected chi connectivity index (χ1v) is 6.40. The molecule has 7 heteroatoms. The molecule has 0 saturated carbocycles. The molecule has 0 radical (unpaired) electrons. The second-order valence-corrected chi connectivity index (χ2v) is 6.08. The zero-order valence-corrected chi connectivity index (χ0v) is 12.0. The SMILES string of the molecule is CC(C)(C)OC(=O)N1CCC[C@@H]1[C@@](C)(O)CN=[N+]=[N-]. The second kappa shape index (κ2) is 5.67. The molecule has 0 bridgehead atoms. The second-order valence-electron chi connectivity index (χ2n) is 6.08. The quantitative estimate of drug-likeness (QED) is 0.484. The number of ether oxygens (including phenoxy) is 1. The van der Waals surface area contributed by atoms with Crippen molar-refractivity contribution in [3.63, 3.8) is 0 Å². The van der Waals surface area contributed by atoms with E-state index in [2.05, 4.69) is 10.0 Å². The number of amides is 1. The smallest absolute Gasteiger partial charge is 0.410 e. The van der Waals surface area contributed by atoms with Crippen LogP contribution in [0, 0.1) is 0 Å². The first-order chi connectivity index (χ1) is 8.67. The molecular formula is C12H22N4O3. The van der Waals surface area contributed by atoms with Gasteiger partial charge in [-0.2, -0.15) is 0 Å². The van der Waals surface area contributed by atoms with Crippen molar-refractivity contribution >= 4 is 6.09 Å². The lowest BCUT2D eigenvalue weighted by Gasteiger charge is -2.36. The summed E-state index contributed by atoms with van der Waals surface area (Å²) in [5.41, 5.74) is 6.54. The van der Waals surface area contributed by atoms with Crippen molar-refractivity contribution in [3.8, 4) is 0 Å². The predicted octanol–water partition coefficient (Wildman–Crippen LogP) is 2.45. The maximum absolute atomic E-state index is 12.1. The first kappa shape index (κ1) is 15.6. The van der Waals surface area contributed by atoms with E-state index in [-0.39, 0.29) is 12.6 Å². The van der Waals surface area contributed by atoms with E-state index in [1.54, 1.807) is 27.7 Å². The van der Waals surface area contributed by atoms with Gasteiger partial charge in [-0.05, 0) is 46.1 Å². The van der Waals surface area contributed by atoms with E-state index in [0.29, 0.717) is 13.0 Å². The lowest BCUT2D eigenvalue weighted by atomic mass is 9.94. The van der Waals surface area contributed by atoms with Crippen LogP contribution in [0.2, 0.25) is 0 Å². The maximum Gasteiger partial charge on any atom is 0.410 e. The van der Waals surface area contributed by atoms with Gasteiger partial charge in [-0.1, -0.05) is 5.11 Å². The topological polar surface area (TPSA) is 98.5 Å². The number of likely N-dealkylation sites (tertiary alicyclic amines) is 1. The molecule has 0 unspecified atom stereocenters. The van der Waals surface area contributed by atoms with Gasteiger partial charge in [0.1, 0.15) is 5.60 Å². The Bertz CT molecular complexity index is 383. The normalized spacial score (nSPS) is 22.6. The Morgan fingerprint density at radius 2 is 2.16 bits per heavy atom. The van der Waals surface area contributed by atoms with E-state index in [0.717, 1.165) is 6.42 Å². The van der Waals surface area contributed by atoms with Crippen LogP contribution in [0.25, 0.3) is 10.4 Å². The Kier molecular flexibility index (Phi) is 4.66. The summed E-state index contributed by atoms with van der Waals surface area (Å²) < 4.78 is 5.32. The van der Waals surface area contributed by atoms with Gasteiger partial charge in [0.15, 0.2) is 0 Å². The molecule has 0 aliphatic carbocycles. The van der Waals surface area contributed by atoms with Crippen molar-refractivity contribution in [1.82, 2.24) is 4.90 Å². The van der Waals surface area contributed by atoms with Crippen LogP contribution in [0.1, 0.15) is 40.5 Å². The summed E-state index contributed by atoms with van der Waals surface area (Å²) in [5, 5.41) is 13.8. The number of carbonyl (C=O) groups excluding carboxylic acids is 1. The third-order valence-corrected chi connectivity index (χ3v) is 3.05. The van der Waals surface area contributed by atoms with Gasteiger partial charge in [0.2, 0.25) is 0 Å². The summed E-state index contributed by atoms with van der Waals surface area (Å²) in [6.45, 7) is 7.46. The summed E-state index contributed by atoms with van der Waals surface area (Å²) in [6.07, 6.45) is 1.04. The molecule has 1 heterocycles. The highest BCUT2D eigenvalue weighted by Gasteiger charge is 2.42. The number of rotatable bonds is 3. The minimum Gasteiger partial charge on any atom is -0.444 e. The fourth-order valence-corrected chi connectivity index (χ4v) is 2.23. The van der Waals surface area contributed by atoms with Gasteiger partial charge in [0.25, 0.3) is 0 Å². The summed E-state index contributed by atoms with van der Waals surface area (Å²) in [6, 6.07) is -0.382. The molecular weight excluding hydrogens is 248 g/mol. The van der Waals surface area contributed by atoms with Gasteiger partial charge >= 0.3 is 6.09 Å². The average molecular weight is 270 g/mol. The zero-order valence-electron chi connectivity index (χ0n) is 12.0. The Hall–Kier alpha value is -1.46. The lowest BCUT2D eigenvalue weighted by Crippen LogP contribution is -2.52. The van der Waals surface area contributed by atoms with Crippen molar-refractivity contribution in [3.05, 3.63) is 10.4 Å². The molecule has 0 aromatic rings. The fraction of sp³-hybridized carbons (Fsp3) is 0.917. The monoisotopic (exact) mass is 270 g/mol. The van der Waals surface area contributed by atoms with E-state index in [1.165, 1.54) is 4.90 Å². The van der Waals surface area contributed by atoms with Gasteiger partial charge in [-0.3, -0.25) is 0 Å². The Labute approximate surface area is 113 Å². The molecule has 1 aliphatic heterocycles. The van der Waals surface area contributed by atoms with Gasteiger partial charge in [0, 0.05) is 11.5 Å². The third kappa shape index (κ3) is 4.29. The van der Waals surface area contributed by atoms with Crippen molar-refractivity contribution in [1.29, 1.82) is 0 Å². The van der Waals surface area contributed by atoms with E-state index in [9.17, 15) is 9.90 Å². The third-order valence-electron chi connectivity index (χ3n) is 3.05. The Morgan fingerprint density at radius 3 is 2.68 bits per heavy atom. The predicted molar refractivity (Wildman–Crippen MR) is 70.6 cm³/mol. The van der Waals surface area contributed by atoms with Crippen LogP contribution in [0.4, 0.5) is 4.79 Å². The molecule has 1 rings (SSSR count). The van der Waals surface area contributed by atoms with E-state index >= 15 is 0 Å². The highest BCUT2D eigenvalue weighted by molar-refractivity contribution is 5.69. The Morgan fingerprint density at radius 1 is 1.53 bits per heavy atom. The molecule has 0 aromatic carbocycles. The van der Waals surface area contributed by atoms with Gasteiger partial charge in [0.05, 0.1) is 18.2 Å². The van der Waals surface area contributed by atoms with E-state index < -0.39 is 17.3 Å². The summed E-state index contributed by atoms with van der Waals surface area (Å²) >= 11 is 0. The van der Waals surface area contributed by atoms with Crippen molar-refractivity contribution < 1.29 is 14.6 Å². The van der Waals surface area contributed by atoms with Crippen LogP contribution in [0.5, 0.6) is 0 Å². The molecule has 1 amide bonds. The summed E-state index contributed by atoms with van der Waals surface area (Å²) in [7, 11) is 0. The van der Waals surface area contributed by atoms with Gasteiger partial charge < -0.3 is 14.7 Å². The van der Waals surface area contributed by atoms with Crippen LogP contribution in [-0.2, 0) is 4.74 Å². The minimum atomic E-state index is -1.24. The van der Waals surface area contributed by atoms with Gasteiger partial charge in [-0.25, -0.2) is 4.79 Å². The molecule has 7 nitrogen and oxygen atoms in total. The number of hydrogen-bond acceptors (Lipinski definition) is 4. The molecule has 1 saturated heterocycles. The number of aliphatic hydroxyl groups is 1. The summed E-state index contributed by atoms with van der Waals surface area (Å²) in [5.74, 6) is 0. The number of azide groups is 1. The molecule has 19 heavy (non-hydrogen) atoms. The minimum absolute atomic E-state index is 0.0620. The fourth-order valence-electron chi connectivity index (χ4n) is 2.23. The molecule has 2 atom stereocenters. The van der Waals surface area contributed by atoms with Crippen LogP contribution < -0.4 is 0 Å². The molecule has 1 fully saturated rings. The van der Waals surface area contributed by atoms with E-state index in [1.807, 2.05) is 0 Å². The lowest BCUT2D eigenvalue weighted by molar-refractivity contribution is -0.0286. The molecule has 0 aromatic heterocycles. The maximum atomic E-state index is 12.1. The molecule has 1 aliphatic rings. The number of hydrogen-bond donors (Lipinski definition) is 1. The number of carbonyl (C=O) groups is 1. The van der Waals surface area contributed by atoms with Crippen LogP contribution in [-0.4, -0.2) is 46.4 Å². The van der Waals surface area contributed by atoms with Crippen molar-refractivity contribution in [2.45, 2.75) is 57.8 Å². The van der Waals surface area contributed by atoms with Crippen LogP contribution in [0.3, 0.4) is 0 Å². The van der Waals surface area contributed by atoms with Gasteiger partial charge in [-0.15, -0.1) is 0 Å². The van der Waals surface area contributed by atoms with E-state index in [4.69, 9.17) is 10.3 Å². The van der Waals surface area contributed by atoms with Crippen molar-refractivity contribution in [2.75, 3.05) is 13.1 Å².